The minimum Gasteiger partial charge on any atom is -0.507 e. The first kappa shape index (κ1) is 28.2. The third-order valence-electron chi connectivity index (χ3n) is 5.03. The van der Waals surface area contributed by atoms with Crippen molar-refractivity contribution in [2.75, 3.05) is 6.61 Å². The predicted molar refractivity (Wildman–Crippen MR) is 125 cm³/mol. The van der Waals surface area contributed by atoms with Gasteiger partial charge in [-0.1, -0.05) is 25.1 Å². The Morgan fingerprint density at radius 1 is 1.22 bits per heavy atom. The summed E-state index contributed by atoms with van der Waals surface area (Å²) < 4.78 is 46.9. The van der Waals surface area contributed by atoms with Crippen molar-refractivity contribution in [1.82, 2.24) is 5.32 Å². The Labute approximate surface area is 204 Å². The number of benzene rings is 1. The Kier molecular flexibility index (Phi) is 9.89. The van der Waals surface area contributed by atoms with Gasteiger partial charge >= 0.3 is 17.9 Å². The highest BCUT2D eigenvalue weighted by molar-refractivity contribution is 6.12. The summed E-state index contributed by atoms with van der Waals surface area (Å²) in [6.45, 7) is 2.68. The maximum absolute atomic E-state index is 12.8. The van der Waals surface area contributed by atoms with Gasteiger partial charge in [0.1, 0.15) is 22.8 Å². The quantitative estimate of drug-likeness (QED) is 0.265. The zero-order valence-electron chi connectivity index (χ0n) is 19.6. The molecule has 1 unspecified atom stereocenters. The lowest BCUT2D eigenvalue weighted by atomic mass is 9.99. The Morgan fingerprint density at radius 2 is 1.89 bits per heavy atom. The molecule has 0 aliphatic carbocycles. The van der Waals surface area contributed by atoms with E-state index in [9.17, 15) is 32.7 Å². The maximum atomic E-state index is 12.8. The van der Waals surface area contributed by atoms with E-state index in [4.69, 9.17) is 14.3 Å². The Hall–Kier alpha value is -4.02. The number of aromatic hydroxyl groups is 1. The molecule has 0 saturated carbocycles. The summed E-state index contributed by atoms with van der Waals surface area (Å²) in [5.74, 6) is -1.15. The van der Waals surface area contributed by atoms with Gasteiger partial charge in [0.05, 0.1) is 13.0 Å². The number of nitrogens with one attached hydrogen (secondary N) is 1. The number of carbonyl (C=O) groups excluding carboxylic acids is 1. The number of hydrogen-bond acceptors (Lipinski definition) is 6. The number of hydrogen-bond donors (Lipinski definition) is 3. The van der Waals surface area contributed by atoms with Crippen molar-refractivity contribution in [3.63, 3.8) is 0 Å². The van der Waals surface area contributed by atoms with Crippen molar-refractivity contribution in [3.8, 4) is 11.5 Å². The fourth-order valence-corrected chi connectivity index (χ4v) is 3.11. The van der Waals surface area contributed by atoms with E-state index in [0.717, 1.165) is 0 Å². The molecule has 0 aliphatic rings. The van der Waals surface area contributed by atoms with Gasteiger partial charge < -0.3 is 19.4 Å². The summed E-state index contributed by atoms with van der Waals surface area (Å²) in [5, 5.41) is 20.9. The third-order valence-corrected chi connectivity index (χ3v) is 5.03. The van der Waals surface area contributed by atoms with E-state index in [2.05, 4.69) is 5.32 Å². The first-order valence-electron chi connectivity index (χ1n) is 10.9. The molecule has 0 radical (unpaired) electrons. The highest BCUT2D eigenvalue weighted by Crippen LogP contribution is 2.26. The average molecular weight is 509 g/mol. The van der Waals surface area contributed by atoms with Gasteiger partial charge in [0, 0.05) is 18.2 Å². The third kappa shape index (κ3) is 8.97. The number of allylic oxidation sites excluding steroid dienone is 2. The van der Waals surface area contributed by atoms with Crippen LogP contribution in [-0.2, 0) is 0 Å². The molecule has 1 aromatic heterocycles. The lowest BCUT2D eigenvalue weighted by molar-refractivity contribution is -0.139. The van der Waals surface area contributed by atoms with Crippen LogP contribution in [0.3, 0.4) is 0 Å². The molecule has 1 amide bonds. The second-order valence-electron chi connectivity index (χ2n) is 7.97. The van der Waals surface area contributed by atoms with Crippen LogP contribution in [0.1, 0.15) is 60.7 Å². The van der Waals surface area contributed by atoms with Gasteiger partial charge in [-0.15, -0.1) is 0 Å². The molecule has 11 heteroatoms. The van der Waals surface area contributed by atoms with Crippen LogP contribution in [0.2, 0.25) is 0 Å². The molecule has 1 aromatic carbocycles. The predicted octanol–water partition coefficient (Wildman–Crippen LogP) is 5.63. The van der Waals surface area contributed by atoms with Gasteiger partial charge in [-0.2, -0.15) is 13.2 Å². The number of carbonyl (C=O) groups is 2. The fraction of sp³-hybridized carbons (Fsp3) is 0.320. The molecule has 1 heterocycles. The zero-order valence-corrected chi connectivity index (χ0v) is 19.6. The van der Waals surface area contributed by atoms with Gasteiger partial charge in [0.15, 0.2) is 5.78 Å². The number of amides is 1. The molecule has 36 heavy (non-hydrogen) atoms. The number of Topliss-reactive ketones (excluding diaryl/α,β-unsaturated/α-hetero) is 1. The topological polar surface area (TPSA) is 126 Å². The lowest BCUT2D eigenvalue weighted by Gasteiger charge is -2.11. The van der Waals surface area contributed by atoms with Crippen LogP contribution >= 0.6 is 0 Å². The summed E-state index contributed by atoms with van der Waals surface area (Å²) in [7, 11) is 0. The van der Waals surface area contributed by atoms with Crippen molar-refractivity contribution >= 4 is 18.0 Å². The fourth-order valence-electron chi connectivity index (χ4n) is 3.11. The van der Waals surface area contributed by atoms with Gasteiger partial charge in [-0.05, 0) is 49.1 Å². The number of halogens is 3. The minimum absolute atomic E-state index is 0.125. The number of ether oxygens (including phenoxy) is 1. The summed E-state index contributed by atoms with van der Waals surface area (Å²) >= 11 is 0. The first-order chi connectivity index (χ1) is 16.9. The van der Waals surface area contributed by atoms with E-state index in [-0.39, 0.29) is 23.0 Å². The minimum atomic E-state index is -4.31. The van der Waals surface area contributed by atoms with Gasteiger partial charge in [-0.25, -0.2) is 9.59 Å². The molecule has 0 aliphatic heterocycles. The van der Waals surface area contributed by atoms with Crippen LogP contribution in [0, 0.1) is 0 Å². The van der Waals surface area contributed by atoms with Crippen molar-refractivity contribution in [3.05, 3.63) is 75.5 Å². The van der Waals surface area contributed by atoms with E-state index in [1.165, 1.54) is 49.5 Å². The second-order valence-corrected chi connectivity index (χ2v) is 7.97. The standard InChI is InChI=1S/C25H26F3NO7/c1-15(5-3-4-11-29-24(33)34)20-14-19(30)21(23(32)36-20)22(31)16(2)13-17-6-8-18(9-7-17)35-12-10-25(26,27)28/h4,6-9,11,13-15,29-30H,3,5,10,12H2,1-2H3,(H,33,34)/b11-4+,16-13+. The molecular weight excluding hydrogens is 483 g/mol. The van der Waals surface area contributed by atoms with Crippen molar-refractivity contribution in [2.45, 2.75) is 45.2 Å². The molecule has 8 nitrogen and oxygen atoms in total. The molecule has 0 spiro atoms. The Balaban J connectivity index is 2.07. The van der Waals surface area contributed by atoms with Crippen LogP contribution in [-0.4, -0.2) is 34.9 Å². The van der Waals surface area contributed by atoms with Gasteiger partial charge in [0.2, 0.25) is 0 Å². The lowest BCUT2D eigenvalue weighted by Crippen LogP contribution is -2.16. The van der Waals surface area contributed by atoms with Crippen LogP contribution in [0.4, 0.5) is 18.0 Å². The van der Waals surface area contributed by atoms with Gasteiger partial charge in [-0.3, -0.25) is 10.1 Å². The number of ketones is 1. The smallest absolute Gasteiger partial charge is 0.408 e. The summed E-state index contributed by atoms with van der Waals surface area (Å²) in [6, 6.07) is 7.18. The van der Waals surface area contributed by atoms with Crippen molar-refractivity contribution in [2.24, 2.45) is 0 Å². The SMILES string of the molecule is C/C(=C\c1ccc(OCCC(F)(F)F)cc1)C(=O)c1c(O)cc(C(C)CC/C=C/NC(=O)O)oc1=O. The second kappa shape index (κ2) is 12.6. The molecule has 194 valence electrons. The van der Waals surface area contributed by atoms with E-state index >= 15 is 0 Å². The average Bonchev–Trinajstić information content (AvgIpc) is 2.78. The van der Waals surface area contributed by atoms with E-state index in [1.807, 2.05) is 0 Å². The number of alkyl halides is 3. The van der Waals surface area contributed by atoms with Crippen LogP contribution in [0.15, 0.2) is 57.4 Å². The molecule has 0 bridgehead atoms. The van der Waals surface area contributed by atoms with E-state index in [0.29, 0.717) is 18.4 Å². The normalized spacial score (nSPS) is 13.0. The van der Waals surface area contributed by atoms with Crippen LogP contribution < -0.4 is 15.7 Å². The number of rotatable bonds is 11. The molecule has 3 N–H and O–H groups in total. The van der Waals surface area contributed by atoms with E-state index in [1.54, 1.807) is 13.0 Å². The molecule has 2 aromatic rings. The Morgan fingerprint density at radius 3 is 2.47 bits per heavy atom. The summed E-state index contributed by atoms with van der Waals surface area (Å²) in [6.07, 6.45) is -1.30. The zero-order chi connectivity index (χ0) is 26.9. The first-order valence-corrected chi connectivity index (χ1v) is 10.9. The van der Waals surface area contributed by atoms with E-state index < -0.39 is 48.0 Å². The van der Waals surface area contributed by atoms with Crippen molar-refractivity contribution in [1.29, 1.82) is 0 Å². The molecule has 0 saturated heterocycles. The number of carboxylic acid groups (broad SMARTS) is 1. The van der Waals surface area contributed by atoms with Crippen LogP contribution in [0.25, 0.3) is 6.08 Å². The summed E-state index contributed by atoms with van der Waals surface area (Å²) in [5.41, 5.74) is -0.854. The maximum Gasteiger partial charge on any atom is 0.408 e. The van der Waals surface area contributed by atoms with Gasteiger partial charge in [0.25, 0.3) is 0 Å². The monoisotopic (exact) mass is 509 g/mol. The molecule has 1 atom stereocenters. The summed E-state index contributed by atoms with van der Waals surface area (Å²) in [4.78, 5) is 35.7. The highest BCUT2D eigenvalue weighted by Gasteiger charge is 2.27. The van der Waals surface area contributed by atoms with Crippen molar-refractivity contribution < 1.29 is 42.1 Å². The Bertz CT molecular complexity index is 1180. The van der Waals surface area contributed by atoms with Crippen LogP contribution in [0.5, 0.6) is 11.5 Å². The molecular formula is C25H26F3NO7. The molecule has 2 rings (SSSR count). The largest absolute Gasteiger partial charge is 0.507 e. The molecule has 0 fully saturated rings. The highest BCUT2D eigenvalue weighted by atomic mass is 19.4.